The quantitative estimate of drug-likeness (QED) is 0.192. The number of hydrogen-bond acceptors (Lipinski definition) is 12. The van der Waals surface area contributed by atoms with Gasteiger partial charge in [-0.1, -0.05) is 53.2 Å². The Hall–Kier alpha value is -2.71. The maximum atomic E-state index is 13.6. The number of hydrogen-bond donors (Lipinski definition) is 0. The third-order valence-electron chi connectivity index (χ3n) is 5.32. The fourth-order valence-corrected chi connectivity index (χ4v) is 5.69. The van der Waals surface area contributed by atoms with Gasteiger partial charge in [-0.15, -0.1) is 0 Å². The summed E-state index contributed by atoms with van der Waals surface area (Å²) in [4.78, 5) is 62.4. The number of thiocarbonyl (C=S) groups is 1. The minimum atomic E-state index is -1.49. The van der Waals surface area contributed by atoms with E-state index in [0.29, 0.717) is 15.6 Å². The van der Waals surface area contributed by atoms with E-state index in [4.69, 9.17) is 59.1 Å². The molecule has 0 aromatic heterocycles. The molecule has 2 aliphatic rings. The SMILES string of the molecule is CC(=O)OC[C@H]1O[C@@H](N2C(=O)C(=Cc3c(Cl)cccc3Cl)SC2=S)[C@H](OC(C)=O)[C@@H](OC(C)=O)[C@@H]1OC(C)=O. The number of ether oxygens (including phenoxy) is 5. The van der Waals surface area contributed by atoms with Gasteiger partial charge in [0.2, 0.25) is 0 Å². The van der Waals surface area contributed by atoms with Gasteiger partial charge in [0.25, 0.3) is 5.91 Å². The zero-order valence-electron chi connectivity index (χ0n) is 21.0. The molecule has 0 aliphatic carbocycles. The molecule has 15 heteroatoms. The van der Waals surface area contributed by atoms with Crippen LogP contribution in [0, 0.1) is 0 Å². The average molecular weight is 620 g/mol. The minimum Gasteiger partial charge on any atom is -0.463 e. The van der Waals surface area contributed by atoms with Crippen molar-refractivity contribution in [1.82, 2.24) is 4.90 Å². The lowest BCUT2D eigenvalue weighted by molar-refractivity contribution is -0.268. The molecule has 0 spiro atoms. The number of rotatable bonds is 7. The molecule has 210 valence electrons. The van der Waals surface area contributed by atoms with Gasteiger partial charge in [-0.25, -0.2) is 0 Å². The Kier molecular flexibility index (Phi) is 10.4. The van der Waals surface area contributed by atoms with Gasteiger partial charge in [0.05, 0.1) is 4.91 Å². The van der Waals surface area contributed by atoms with Crippen LogP contribution < -0.4 is 0 Å². The second-order valence-corrected chi connectivity index (χ2v) is 10.8. The maximum absolute atomic E-state index is 13.6. The van der Waals surface area contributed by atoms with Crippen molar-refractivity contribution >= 4 is 87.4 Å². The van der Waals surface area contributed by atoms with Crippen LogP contribution in [0.25, 0.3) is 6.08 Å². The van der Waals surface area contributed by atoms with Crippen molar-refractivity contribution in [1.29, 1.82) is 0 Å². The minimum absolute atomic E-state index is 0.00956. The average Bonchev–Trinajstić information content (AvgIpc) is 3.09. The van der Waals surface area contributed by atoms with Crippen molar-refractivity contribution in [2.75, 3.05) is 6.61 Å². The third kappa shape index (κ3) is 7.48. The molecule has 1 amide bonds. The lowest BCUT2D eigenvalue weighted by atomic mass is 9.96. The highest BCUT2D eigenvalue weighted by Crippen LogP contribution is 2.40. The van der Waals surface area contributed by atoms with E-state index in [2.05, 4.69) is 0 Å². The molecule has 5 atom stereocenters. The van der Waals surface area contributed by atoms with Crippen molar-refractivity contribution in [3.63, 3.8) is 0 Å². The molecule has 2 aliphatic heterocycles. The second-order valence-electron chi connectivity index (χ2n) is 8.28. The molecule has 11 nitrogen and oxygen atoms in total. The van der Waals surface area contributed by atoms with Gasteiger partial charge in [0.1, 0.15) is 12.7 Å². The monoisotopic (exact) mass is 619 g/mol. The first-order valence-electron chi connectivity index (χ1n) is 11.3. The van der Waals surface area contributed by atoms with Crippen LogP contribution in [0.2, 0.25) is 10.0 Å². The third-order valence-corrected chi connectivity index (χ3v) is 7.31. The molecule has 0 saturated carbocycles. The van der Waals surface area contributed by atoms with E-state index in [1.807, 2.05) is 0 Å². The summed E-state index contributed by atoms with van der Waals surface area (Å²) in [6.45, 7) is 3.99. The Balaban J connectivity index is 2.08. The first-order valence-corrected chi connectivity index (χ1v) is 13.3. The molecule has 0 unspecified atom stereocenters. The van der Waals surface area contributed by atoms with Gasteiger partial charge < -0.3 is 23.7 Å². The van der Waals surface area contributed by atoms with Crippen molar-refractivity contribution in [3.8, 4) is 0 Å². The lowest BCUT2D eigenvalue weighted by Crippen LogP contribution is -2.66. The van der Waals surface area contributed by atoms with Crippen LogP contribution in [0.15, 0.2) is 23.1 Å². The van der Waals surface area contributed by atoms with Gasteiger partial charge >= 0.3 is 23.9 Å². The predicted molar refractivity (Wildman–Crippen MR) is 143 cm³/mol. The van der Waals surface area contributed by atoms with Crippen molar-refractivity contribution in [2.24, 2.45) is 0 Å². The number of esters is 4. The summed E-state index contributed by atoms with van der Waals surface area (Å²) >= 11 is 18.9. The molecule has 0 bridgehead atoms. The molecule has 0 N–H and O–H groups in total. The van der Waals surface area contributed by atoms with E-state index in [0.717, 1.165) is 44.4 Å². The maximum Gasteiger partial charge on any atom is 0.303 e. The van der Waals surface area contributed by atoms with E-state index >= 15 is 0 Å². The zero-order chi connectivity index (χ0) is 29.0. The highest BCUT2D eigenvalue weighted by atomic mass is 35.5. The summed E-state index contributed by atoms with van der Waals surface area (Å²) in [6.07, 6.45) is -5.58. The topological polar surface area (TPSA) is 135 Å². The van der Waals surface area contributed by atoms with Crippen LogP contribution in [0.4, 0.5) is 0 Å². The van der Waals surface area contributed by atoms with Crippen LogP contribution in [-0.4, -0.2) is 76.3 Å². The molecule has 3 rings (SSSR count). The van der Waals surface area contributed by atoms with Crippen LogP contribution in [-0.2, 0) is 47.7 Å². The first-order chi connectivity index (χ1) is 18.3. The Morgan fingerprint density at radius 2 is 1.49 bits per heavy atom. The summed E-state index contributed by atoms with van der Waals surface area (Å²) in [5, 5.41) is 0.583. The molecule has 39 heavy (non-hydrogen) atoms. The Bertz CT molecular complexity index is 1220. The molecule has 0 radical (unpaired) electrons. The van der Waals surface area contributed by atoms with Gasteiger partial charge in [-0.05, 0) is 18.2 Å². The predicted octanol–water partition coefficient (Wildman–Crippen LogP) is 3.28. The summed E-state index contributed by atoms with van der Waals surface area (Å²) in [6, 6.07) is 4.84. The van der Waals surface area contributed by atoms with Crippen LogP contribution in [0.5, 0.6) is 0 Å². The van der Waals surface area contributed by atoms with Gasteiger partial charge in [-0.3, -0.25) is 28.9 Å². The lowest BCUT2D eigenvalue weighted by Gasteiger charge is -2.46. The van der Waals surface area contributed by atoms with Crippen molar-refractivity contribution < 1.29 is 47.7 Å². The molecule has 1 aromatic rings. The molecular formula is C24H23Cl2NO10S2. The summed E-state index contributed by atoms with van der Waals surface area (Å²) in [5.41, 5.74) is 0.378. The number of benzene rings is 1. The number of halogens is 2. The van der Waals surface area contributed by atoms with Crippen LogP contribution >= 0.6 is 47.2 Å². The summed E-state index contributed by atoms with van der Waals surface area (Å²) < 4.78 is 27.3. The molecular weight excluding hydrogens is 597 g/mol. The number of nitrogens with zero attached hydrogens (tertiary/aromatic N) is 1. The van der Waals surface area contributed by atoms with Crippen LogP contribution in [0.1, 0.15) is 33.3 Å². The first kappa shape index (κ1) is 30.8. The van der Waals surface area contributed by atoms with E-state index < -0.39 is 67.0 Å². The van der Waals surface area contributed by atoms with Gasteiger partial charge in [0, 0.05) is 43.3 Å². The number of carbonyl (C=O) groups excluding carboxylic acids is 5. The molecule has 2 fully saturated rings. The summed E-state index contributed by atoms with van der Waals surface area (Å²) in [5.74, 6) is -3.72. The molecule has 2 saturated heterocycles. The smallest absolute Gasteiger partial charge is 0.303 e. The number of amides is 1. The van der Waals surface area contributed by atoms with E-state index in [1.165, 1.54) is 6.08 Å². The van der Waals surface area contributed by atoms with Crippen molar-refractivity contribution in [2.45, 2.75) is 58.3 Å². The Labute approximate surface area is 243 Å². The van der Waals surface area contributed by atoms with E-state index in [1.54, 1.807) is 18.2 Å². The van der Waals surface area contributed by atoms with E-state index in [9.17, 15) is 24.0 Å². The summed E-state index contributed by atoms with van der Waals surface area (Å²) in [7, 11) is 0. The largest absolute Gasteiger partial charge is 0.463 e. The normalized spacial score (nSPS) is 25.8. The number of carbonyl (C=O) groups is 5. The highest BCUT2D eigenvalue weighted by Gasteiger charge is 2.56. The standard InChI is InChI=1S/C24H23Cl2NO10S2/c1-10(28)33-9-17-19(34-11(2)29)20(35-12(3)30)21(36-13(4)31)23(37-17)27-22(32)18(39-24(27)38)8-14-15(25)6-5-7-16(14)26/h5-8,17,19-21,23H,9H2,1-4H3/t17-,19-,20+,21-,23-/m1/s1. The second kappa shape index (κ2) is 13.1. The fourth-order valence-electron chi connectivity index (χ4n) is 3.89. The Morgan fingerprint density at radius 1 is 0.949 bits per heavy atom. The van der Waals surface area contributed by atoms with Gasteiger partial charge in [0.15, 0.2) is 28.9 Å². The Morgan fingerprint density at radius 3 is 2.03 bits per heavy atom. The van der Waals surface area contributed by atoms with E-state index in [-0.39, 0.29) is 9.23 Å². The van der Waals surface area contributed by atoms with Gasteiger partial charge in [-0.2, -0.15) is 0 Å². The highest BCUT2D eigenvalue weighted by molar-refractivity contribution is 8.26. The molecule has 1 aromatic carbocycles. The molecule has 2 heterocycles. The zero-order valence-corrected chi connectivity index (χ0v) is 24.2. The van der Waals surface area contributed by atoms with Crippen LogP contribution in [0.3, 0.4) is 0 Å². The number of thioether (sulfide) groups is 1. The fraction of sp³-hybridized carbons (Fsp3) is 0.417. The van der Waals surface area contributed by atoms with Crippen molar-refractivity contribution in [3.05, 3.63) is 38.7 Å².